The highest BCUT2D eigenvalue weighted by Gasteiger charge is 2.32. The van der Waals surface area contributed by atoms with Gasteiger partial charge >= 0.3 is 0 Å². The highest BCUT2D eigenvalue weighted by molar-refractivity contribution is 7.88. The van der Waals surface area contributed by atoms with Crippen LogP contribution in [-0.2, 0) is 10.0 Å². The van der Waals surface area contributed by atoms with Crippen LogP contribution in [0.15, 0.2) is 41.3 Å². The van der Waals surface area contributed by atoms with Crippen molar-refractivity contribution in [1.82, 2.24) is 24.2 Å². The number of aromatic nitrogens is 3. The maximum atomic E-state index is 13.9. The minimum Gasteiger partial charge on any atom is -0.351 e. The van der Waals surface area contributed by atoms with Gasteiger partial charge in [0.1, 0.15) is 5.65 Å². The van der Waals surface area contributed by atoms with Gasteiger partial charge in [-0.2, -0.15) is 4.98 Å². The van der Waals surface area contributed by atoms with Gasteiger partial charge in [-0.25, -0.2) is 17.7 Å². The molecule has 0 amide bonds. The SMILES string of the molecule is Cc1ccccc1-c1cc2cnc(NC3CCNCC3)nc2n([C@H]2CCN(S(C)(=O)=O)C2)c1=O. The number of pyridine rings is 1. The normalized spacial score (nSPS) is 20.1. The van der Waals surface area contributed by atoms with Crippen molar-refractivity contribution in [2.24, 2.45) is 0 Å². The van der Waals surface area contributed by atoms with Gasteiger partial charge in [-0.05, 0) is 56.5 Å². The van der Waals surface area contributed by atoms with E-state index in [0.717, 1.165) is 42.4 Å². The lowest BCUT2D eigenvalue weighted by Crippen LogP contribution is -2.36. The van der Waals surface area contributed by atoms with Crippen LogP contribution in [0.4, 0.5) is 5.95 Å². The number of anilines is 1. The minimum atomic E-state index is -3.34. The zero-order valence-corrected chi connectivity index (χ0v) is 20.3. The van der Waals surface area contributed by atoms with E-state index in [1.807, 2.05) is 37.3 Å². The summed E-state index contributed by atoms with van der Waals surface area (Å²) in [5, 5.41) is 7.52. The maximum Gasteiger partial charge on any atom is 0.260 e. The lowest BCUT2D eigenvalue weighted by Gasteiger charge is -2.24. The van der Waals surface area contributed by atoms with Crippen LogP contribution in [0.2, 0.25) is 0 Å². The summed E-state index contributed by atoms with van der Waals surface area (Å²) in [6.07, 6.45) is 5.48. The molecular weight excluding hydrogens is 452 g/mol. The third kappa shape index (κ3) is 4.45. The van der Waals surface area contributed by atoms with Gasteiger partial charge in [-0.3, -0.25) is 9.36 Å². The van der Waals surface area contributed by atoms with E-state index < -0.39 is 10.0 Å². The Labute approximate surface area is 199 Å². The van der Waals surface area contributed by atoms with Gasteiger partial charge in [0.15, 0.2) is 0 Å². The molecule has 4 heterocycles. The molecule has 3 aromatic rings. The average molecular weight is 483 g/mol. The lowest BCUT2D eigenvalue weighted by molar-refractivity contribution is 0.455. The molecule has 0 bridgehead atoms. The number of benzene rings is 1. The number of aryl methyl sites for hydroxylation is 1. The maximum absolute atomic E-state index is 13.9. The number of fused-ring (bicyclic) bond motifs is 1. The Morgan fingerprint density at radius 3 is 2.59 bits per heavy atom. The second kappa shape index (κ2) is 9.09. The second-order valence-corrected chi connectivity index (χ2v) is 11.2. The second-order valence-electron chi connectivity index (χ2n) is 9.25. The first-order valence-electron chi connectivity index (χ1n) is 11.7. The summed E-state index contributed by atoms with van der Waals surface area (Å²) in [6.45, 7) is 4.51. The van der Waals surface area contributed by atoms with Crippen molar-refractivity contribution in [2.75, 3.05) is 37.8 Å². The largest absolute Gasteiger partial charge is 0.351 e. The molecule has 2 aromatic heterocycles. The minimum absolute atomic E-state index is 0.159. The summed E-state index contributed by atoms with van der Waals surface area (Å²) in [7, 11) is -3.34. The van der Waals surface area contributed by atoms with E-state index in [1.54, 1.807) is 10.8 Å². The molecule has 5 rings (SSSR count). The van der Waals surface area contributed by atoms with Gasteiger partial charge in [0.25, 0.3) is 5.56 Å². The number of hydrogen-bond acceptors (Lipinski definition) is 7. The molecule has 180 valence electrons. The average Bonchev–Trinajstić information content (AvgIpc) is 3.30. The predicted molar refractivity (Wildman–Crippen MR) is 134 cm³/mol. The van der Waals surface area contributed by atoms with Gasteiger partial charge in [0, 0.05) is 36.3 Å². The van der Waals surface area contributed by atoms with Crippen molar-refractivity contribution in [3.8, 4) is 11.1 Å². The van der Waals surface area contributed by atoms with Gasteiger partial charge in [-0.1, -0.05) is 24.3 Å². The molecule has 9 nitrogen and oxygen atoms in total. The Morgan fingerprint density at radius 1 is 1.12 bits per heavy atom. The smallest absolute Gasteiger partial charge is 0.260 e. The van der Waals surface area contributed by atoms with E-state index in [1.165, 1.54) is 10.6 Å². The number of nitrogens with one attached hydrogen (secondary N) is 2. The number of piperidine rings is 1. The first kappa shape index (κ1) is 22.9. The Morgan fingerprint density at radius 2 is 1.88 bits per heavy atom. The molecular formula is C24H30N6O3S. The molecule has 0 radical (unpaired) electrons. The van der Waals surface area contributed by atoms with Crippen LogP contribution >= 0.6 is 0 Å². The van der Waals surface area contributed by atoms with E-state index in [4.69, 9.17) is 4.98 Å². The highest BCUT2D eigenvalue weighted by atomic mass is 32.2. The third-order valence-corrected chi connectivity index (χ3v) is 8.11. The summed E-state index contributed by atoms with van der Waals surface area (Å²) in [6, 6.07) is 9.61. The van der Waals surface area contributed by atoms with Crippen LogP contribution in [0.3, 0.4) is 0 Å². The fourth-order valence-corrected chi connectivity index (χ4v) is 5.85. The standard InChI is InChI=1S/C24H30N6O3S/c1-16-5-3-4-6-20(16)21-13-17-14-26-24(27-18-7-10-25-11-8-18)28-22(17)30(23(21)31)19-9-12-29(15-19)34(2,32)33/h3-6,13-14,18-19,25H,7-12,15H2,1-2H3,(H,26,27,28)/t19-/m0/s1. The van der Waals surface area contributed by atoms with E-state index in [9.17, 15) is 13.2 Å². The number of nitrogens with zero attached hydrogens (tertiary/aromatic N) is 4. The Kier molecular flexibility index (Phi) is 6.13. The summed E-state index contributed by atoms with van der Waals surface area (Å²) in [4.78, 5) is 23.2. The summed E-state index contributed by atoms with van der Waals surface area (Å²) < 4.78 is 27.5. The van der Waals surface area contributed by atoms with E-state index >= 15 is 0 Å². The number of sulfonamides is 1. The van der Waals surface area contributed by atoms with Gasteiger partial charge in [-0.15, -0.1) is 0 Å². The third-order valence-electron chi connectivity index (χ3n) is 6.84. The quantitative estimate of drug-likeness (QED) is 0.573. The van der Waals surface area contributed by atoms with E-state index in [0.29, 0.717) is 30.1 Å². The molecule has 0 unspecified atom stereocenters. The van der Waals surface area contributed by atoms with Crippen molar-refractivity contribution in [2.45, 2.75) is 38.3 Å². The number of hydrogen-bond donors (Lipinski definition) is 2. The van der Waals surface area contributed by atoms with Gasteiger partial charge in [0.05, 0.1) is 12.3 Å². The molecule has 0 aliphatic carbocycles. The van der Waals surface area contributed by atoms with Crippen molar-refractivity contribution >= 4 is 27.0 Å². The topological polar surface area (TPSA) is 109 Å². The Balaban J connectivity index is 1.64. The Bertz CT molecular complexity index is 1380. The predicted octanol–water partition coefficient (Wildman–Crippen LogP) is 2.14. The lowest BCUT2D eigenvalue weighted by atomic mass is 10.0. The molecule has 1 atom stereocenters. The van der Waals surface area contributed by atoms with Crippen LogP contribution in [0.25, 0.3) is 22.2 Å². The van der Waals surface area contributed by atoms with E-state index in [2.05, 4.69) is 15.6 Å². The van der Waals surface area contributed by atoms with Gasteiger partial charge < -0.3 is 10.6 Å². The molecule has 1 aromatic carbocycles. The summed E-state index contributed by atoms with van der Waals surface area (Å²) >= 11 is 0. The van der Waals surface area contributed by atoms with Crippen LogP contribution in [0, 0.1) is 6.92 Å². The number of rotatable bonds is 5. The molecule has 2 N–H and O–H groups in total. The highest BCUT2D eigenvalue weighted by Crippen LogP contribution is 2.29. The van der Waals surface area contributed by atoms with E-state index in [-0.39, 0.29) is 24.2 Å². The molecule has 34 heavy (non-hydrogen) atoms. The van der Waals surface area contributed by atoms with Crippen molar-refractivity contribution in [1.29, 1.82) is 0 Å². The first-order valence-corrected chi connectivity index (χ1v) is 13.6. The summed E-state index contributed by atoms with van der Waals surface area (Å²) in [5.41, 5.74) is 2.81. The zero-order chi connectivity index (χ0) is 23.9. The Hall–Kier alpha value is -2.82. The van der Waals surface area contributed by atoms with Gasteiger partial charge in [0.2, 0.25) is 16.0 Å². The fraction of sp³-hybridized carbons (Fsp3) is 0.458. The molecule has 0 spiro atoms. The van der Waals surface area contributed by atoms with Crippen molar-refractivity contribution < 1.29 is 8.42 Å². The molecule has 2 fully saturated rings. The zero-order valence-electron chi connectivity index (χ0n) is 19.5. The van der Waals surface area contributed by atoms with Crippen LogP contribution in [0.5, 0.6) is 0 Å². The summed E-state index contributed by atoms with van der Waals surface area (Å²) in [5.74, 6) is 0.495. The first-order chi connectivity index (χ1) is 16.3. The van der Waals surface area contributed by atoms with Crippen LogP contribution in [-0.4, -0.2) is 65.7 Å². The fourth-order valence-electron chi connectivity index (χ4n) is 4.97. The van der Waals surface area contributed by atoms with Crippen molar-refractivity contribution in [3.63, 3.8) is 0 Å². The van der Waals surface area contributed by atoms with Crippen LogP contribution < -0.4 is 16.2 Å². The molecule has 2 saturated heterocycles. The van der Waals surface area contributed by atoms with Crippen molar-refractivity contribution in [3.05, 3.63) is 52.4 Å². The monoisotopic (exact) mass is 482 g/mol. The molecule has 0 saturated carbocycles. The molecule has 10 heteroatoms. The molecule has 2 aliphatic rings. The van der Waals surface area contributed by atoms with Crippen LogP contribution in [0.1, 0.15) is 30.9 Å². The molecule has 2 aliphatic heterocycles.